The van der Waals surface area contributed by atoms with Gasteiger partial charge in [-0.3, -0.25) is 4.79 Å². The van der Waals surface area contributed by atoms with E-state index in [9.17, 15) is 4.79 Å². The van der Waals surface area contributed by atoms with Gasteiger partial charge in [-0.05, 0) is 61.7 Å². The average molecular weight is 462 g/mol. The predicted octanol–water partition coefficient (Wildman–Crippen LogP) is 5.18. The van der Waals surface area contributed by atoms with Crippen molar-refractivity contribution in [3.8, 4) is 0 Å². The molecule has 170 valence electrons. The van der Waals surface area contributed by atoms with Crippen LogP contribution >= 0.6 is 11.6 Å². The summed E-state index contributed by atoms with van der Waals surface area (Å²) in [5.41, 5.74) is 5.89. The number of H-pyrrole nitrogens is 1. The highest BCUT2D eigenvalue weighted by Crippen LogP contribution is 2.41. The average Bonchev–Trinajstić information content (AvgIpc) is 3.45. The number of fused-ring (bicyclic) bond motifs is 1. The number of amides is 1. The highest BCUT2D eigenvalue weighted by molar-refractivity contribution is 6.38. The third-order valence-electron chi connectivity index (χ3n) is 6.62. The van der Waals surface area contributed by atoms with Gasteiger partial charge in [0.25, 0.3) is 5.91 Å². The number of carbonyl (C=O) groups excluding carboxylic acids is 1. The molecule has 3 N–H and O–H groups in total. The molecule has 3 heterocycles. The fourth-order valence-electron chi connectivity index (χ4n) is 4.68. The Hall–Kier alpha value is -3.09. The number of aryl methyl sites for hydroxylation is 1. The van der Waals surface area contributed by atoms with Gasteiger partial charge < -0.3 is 20.5 Å². The molecule has 1 fully saturated rings. The normalized spacial score (nSPS) is 18.2. The number of nitrogens with zero attached hydrogens (tertiary/aromatic N) is 2. The van der Waals surface area contributed by atoms with Crippen LogP contribution in [-0.2, 0) is 4.79 Å². The Kier molecular flexibility index (Phi) is 5.96. The standard InChI is InChI=1S/C26H28ClN5O/c1-3-32-12-8-18(9-13-32)30-19-6-7-22-20(15-19)24(26(33)31-22)23(25-28-10-11-29-25)17-5-4-16(2)21(27)14-17/h4-7,10-11,14-15,18,30H,3,8-9,12-13H2,1-2H3,(H,28,29)(H,31,33). The molecule has 0 atom stereocenters. The van der Waals surface area contributed by atoms with Crippen LogP contribution in [-0.4, -0.2) is 46.5 Å². The minimum absolute atomic E-state index is 0.137. The first-order chi connectivity index (χ1) is 16.0. The van der Waals surface area contributed by atoms with Crippen LogP contribution in [0.5, 0.6) is 0 Å². The van der Waals surface area contributed by atoms with Gasteiger partial charge in [0.2, 0.25) is 0 Å². The molecule has 1 saturated heterocycles. The van der Waals surface area contributed by atoms with Crippen molar-refractivity contribution >= 4 is 40.0 Å². The van der Waals surface area contributed by atoms with Crippen molar-refractivity contribution in [2.24, 2.45) is 0 Å². The van der Waals surface area contributed by atoms with Crippen molar-refractivity contribution in [1.82, 2.24) is 14.9 Å². The third-order valence-corrected chi connectivity index (χ3v) is 7.02. The number of hydrogen-bond acceptors (Lipinski definition) is 4. The van der Waals surface area contributed by atoms with Gasteiger partial charge in [0.15, 0.2) is 0 Å². The predicted molar refractivity (Wildman–Crippen MR) is 135 cm³/mol. The van der Waals surface area contributed by atoms with Crippen molar-refractivity contribution in [1.29, 1.82) is 0 Å². The second-order valence-corrected chi connectivity index (χ2v) is 9.13. The highest BCUT2D eigenvalue weighted by Gasteiger charge is 2.30. The van der Waals surface area contributed by atoms with Gasteiger partial charge in [0.1, 0.15) is 5.82 Å². The van der Waals surface area contributed by atoms with E-state index in [0.29, 0.717) is 22.5 Å². The molecule has 1 amide bonds. The second-order valence-electron chi connectivity index (χ2n) is 8.72. The number of anilines is 2. The molecule has 6 nitrogen and oxygen atoms in total. The molecule has 0 saturated carbocycles. The number of imidazole rings is 1. The molecule has 2 aromatic carbocycles. The quantitative estimate of drug-likeness (QED) is 0.458. The minimum Gasteiger partial charge on any atom is -0.382 e. The summed E-state index contributed by atoms with van der Waals surface area (Å²) in [5.74, 6) is 0.500. The summed E-state index contributed by atoms with van der Waals surface area (Å²) in [6.07, 6.45) is 5.69. The fraction of sp³-hybridized carbons (Fsp3) is 0.308. The summed E-state index contributed by atoms with van der Waals surface area (Å²) in [6.45, 7) is 7.50. The van der Waals surface area contributed by atoms with Crippen molar-refractivity contribution in [2.75, 3.05) is 30.3 Å². The molecular weight excluding hydrogens is 434 g/mol. The van der Waals surface area contributed by atoms with Crippen LogP contribution in [0, 0.1) is 6.92 Å². The Bertz CT molecular complexity index is 1210. The molecule has 3 aromatic rings. The molecule has 0 aliphatic carbocycles. The number of aromatic amines is 1. The van der Waals surface area contributed by atoms with E-state index in [1.54, 1.807) is 12.4 Å². The molecule has 5 rings (SSSR count). The molecular formula is C26H28ClN5O. The monoisotopic (exact) mass is 461 g/mol. The molecule has 2 aliphatic heterocycles. The van der Waals surface area contributed by atoms with E-state index < -0.39 is 0 Å². The maximum atomic E-state index is 13.2. The van der Waals surface area contributed by atoms with Gasteiger partial charge in [-0.15, -0.1) is 0 Å². The van der Waals surface area contributed by atoms with Crippen LogP contribution in [0.2, 0.25) is 5.02 Å². The Labute approximate surface area is 199 Å². The van der Waals surface area contributed by atoms with Crippen LogP contribution in [0.1, 0.15) is 42.3 Å². The van der Waals surface area contributed by atoms with Gasteiger partial charge >= 0.3 is 0 Å². The lowest BCUT2D eigenvalue weighted by Crippen LogP contribution is -2.38. The molecule has 0 unspecified atom stereocenters. The number of carbonyl (C=O) groups is 1. The van der Waals surface area contributed by atoms with Crippen LogP contribution in [0.4, 0.5) is 11.4 Å². The zero-order chi connectivity index (χ0) is 22.9. The van der Waals surface area contributed by atoms with E-state index in [1.165, 1.54) is 0 Å². The van der Waals surface area contributed by atoms with E-state index in [0.717, 1.165) is 66.1 Å². The number of halogens is 1. The maximum Gasteiger partial charge on any atom is 0.257 e. The number of nitrogens with one attached hydrogen (secondary N) is 3. The Balaban J connectivity index is 1.56. The zero-order valence-electron chi connectivity index (χ0n) is 18.9. The van der Waals surface area contributed by atoms with Crippen LogP contribution in [0.3, 0.4) is 0 Å². The molecule has 0 bridgehead atoms. The zero-order valence-corrected chi connectivity index (χ0v) is 19.7. The first kappa shape index (κ1) is 21.7. The smallest absolute Gasteiger partial charge is 0.257 e. The Morgan fingerprint density at radius 3 is 2.73 bits per heavy atom. The molecule has 2 aliphatic rings. The van der Waals surface area contributed by atoms with E-state index in [2.05, 4.69) is 38.5 Å². The summed E-state index contributed by atoms with van der Waals surface area (Å²) in [5, 5.41) is 7.37. The number of piperidine rings is 1. The summed E-state index contributed by atoms with van der Waals surface area (Å²) < 4.78 is 0. The first-order valence-corrected chi connectivity index (χ1v) is 11.9. The molecule has 1 aromatic heterocycles. The number of hydrogen-bond donors (Lipinski definition) is 3. The first-order valence-electron chi connectivity index (χ1n) is 11.5. The molecule has 0 radical (unpaired) electrons. The summed E-state index contributed by atoms with van der Waals surface area (Å²) >= 11 is 6.45. The van der Waals surface area contributed by atoms with Crippen LogP contribution in [0.15, 0.2) is 48.8 Å². The van der Waals surface area contributed by atoms with E-state index in [1.807, 2.05) is 37.3 Å². The van der Waals surface area contributed by atoms with E-state index in [4.69, 9.17) is 11.6 Å². The van der Waals surface area contributed by atoms with Gasteiger partial charge in [-0.1, -0.05) is 30.7 Å². The van der Waals surface area contributed by atoms with Crippen LogP contribution in [0.25, 0.3) is 11.1 Å². The molecule has 33 heavy (non-hydrogen) atoms. The Morgan fingerprint density at radius 2 is 2.03 bits per heavy atom. The van der Waals surface area contributed by atoms with E-state index in [-0.39, 0.29) is 5.91 Å². The topological polar surface area (TPSA) is 73.0 Å². The maximum absolute atomic E-state index is 13.2. The van der Waals surface area contributed by atoms with Gasteiger partial charge in [-0.25, -0.2) is 4.98 Å². The third kappa shape index (κ3) is 4.28. The van der Waals surface area contributed by atoms with Crippen molar-refractivity contribution < 1.29 is 4.79 Å². The number of benzene rings is 2. The summed E-state index contributed by atoms with van der Waals surface area (Å²) in [4.78, 5) is 23.3. The molecule has 0 spiro atoms. The lowest BCUT2D eigenvalue weighted by atomic mass is 9.93. The van der Waals surface area contributed by atoms with Crippen molar-refractivity contribution in [3.63, 3.8) is 0 Å². The Morgan fingerprint density at radius 1 is 1.21 bits per heavy atom. The number of aromatic nitrogens is 2. The number of likely N-dealkylation sites (tertiary alicyclic amines) is 1. The summed E-state index contributed by atoms with van der Waals surface area (Å²) in [6, 6.07) is 12.4. The lowest BCUT2D eigenvalue weighted by molar-refractivity contribution is -0.110. The largest absolute Gasteiger partial charge is 0.382 e. The fourth-order valence-corrected chi connectivity index (χ4v) is 4.86. The SMILES string of the molecule is CCN1CCC(Nc2ccc3c(c2)C(=C(c2ccc(C)c(Cl)c2)c2ncc[nH]2)C(=O)N3)CC1. The summed E-state index contributed by atoms with van der Waals surface area (Å²) in [7, 11) is 0. The highest BCUT2D eigenvalue weighted by atomic mass is 35.5. The molecule has 7 heteroatoms. The number of rotatable bonds is 5. The second kappa shape index (κ2) is 9.04. The van der Waals surface area contributed by atoms with E-state index >= 15 is 0 Å². The van der Waals surface area contributed by atoms with Crippen molar-refractivity contribution in [3.05, 3.63) is 76.3 Å². The van der Waals surface area contributed by atoms with Gasteiger partial charge in [0.05, 0.1) is 5.57 Å². The lowest BCUT2D eigenvalue weighted by Gasteiger charge is -2.32. The van der Waals surface area contributed by atoms with Gasteiger partial charge in [-0.2, -0.15) is 0 Å². The van der Waals surface area contributed by atoms with Crippen molar-refractivity contribution in [2.45, 2.75) is 32.7 Å². The van der Waals surface area contributed by atoms with Crippen LogP contribution < -0.4 is 10.6 Å². The van der Waals surface area contributed by atoms with Gasteiger partial charge in [0, 0.05) is 59.1 Å². The minimum atomic E-state index is -0.137.